The maximum atomic E-state index is 9.67. The third-order valence-corrected chi connectivity index (χ3v) is 0.877. The number of likely N-dealkylation sites (N-methyl/N-ethyl adjacent to an activating group) is 1. The van der Waals surface area contributed by atoms with Gasteiger partial charge in [0, 0.05) is 13.1 Å². The quantitative estimate of drug-likeness (QED) is 0.391. The fourth-order valence-corrected chi connectivity index (χ4v) is 0.492. The number of aliphatic hydroxyl groups is 1. The van der Waals surface area contributed by atoms with Crippen LogP contribution in [-0.4, -0.2) is 37.8 Å². The van der Waals surface area contributed by atoms with Crippen molar-refractivity contribution in [3.8, 4) is 0 Å². The molecule has 0 aromatic rings. The van der Waals surface area contributed by atoms with Crippen molar-refractivity contribution in [2.45, 2.75) is 6.10 Å². The molecule has 0 fully saturated rings. The summed E-state index contributed by atoms with van der Waals surface area (Å²) in [6, 6.07) is 0. The van der Waals surface area contributed by atoms with Crippen molar-refractivity contribution in [1.82, 2.24) is 10.6 Å². The lowest BCUT2D eigenvalue weighted by atomic mass is 10.3. The zero-order valence-corrected chi connectivity index (χ0v) is 5.42. The van der Waals surface area contributed by atoms with Crippen LogP contribution in [-0.2, 0) is 4.79 Å². The fourth-order valence-electron chi connectivity index (χ4n) is 0.492. The Hall–Kier alpha value is -0.610. The summed E-state index contributed by atoms with van der Waals surface area (Å²) in [5, 5.41) is 14.0. The van der Waals surface area contributed by atoms with Gasteiger partial charge in [-0.1, -0.05) is 0 Å². The van der Waals surface area contributed by atoms with Crippen LogP contribution < -0.4 is 10.6 Å². The lowest BCUT2D eigenvalue weighted by Gasteiger charge is -2.06. The van der Waals surface area contributed by atoms with Gasteiger partial charge < -0.3 is 15.7 Å². The number of amides is 1. The molecule has 1 atom stereocenters. The Kier molecular flexibility index (Phi) is 5.15. The van der Waals surface area contributed by atoms with Gasteiger partial charge in [-0.2, -0.15) is 0 Å². The van der Waals surface area contributed by atoms with E-state index in [-0.39, 0.29) is 0 Å². The van der Waals surface area contributed by atoms with Gasteiger partial charge >= 0.3 is 0 Å². The van der Waals surface area contributed by atoms with Gasteiger partial charge in [0.15, 0.2) is 0 Å². The van der Waals surface area contributed by atoms with Gasteiger partial charge in [-0.15, -0.1) is 0 Å². The minimum atomic E-state index is -0.486. The second-order valence-corrected chi connectivity index (χ2v) is 1.74. The van der Waals surface area contributed by atoms with E-state index in [0.717, 1.165) is 0 Å². The van der Waals surface area contributed by atoms with Crippen LogP contribution in [0.5, 0.6) is 0 Å². The Morgan fingerprint density at radius 2 is 2.33 bits per heavy atom. The molecule has 1 unspecified atom stereocenters. The molecule has 0 aliphatic carbocycles. The van der Waals surface area contributed by atoms with Gasteiger partial charge in [-0.05, 0) is 7.05 Å². The molecule has 9 heavy (non-hydrogen) atoms. The number of rotatable bonds is 5. The van der Waals surface area contributed by atoms with E-state index in [2.05, 4.69) is 10.6 Å². The molecule has 0 aliphatic heterocycles. The molecular weight excluding hydrogens is 120 g/mol. The van der Waals surface area contributed by atoms with Crippen molar-refractivity contribution in [2.24, 2.45) is 0 Å². The molecule has 0 radical (unpaired) electrons. The van der Waals surface area contributed by atoms with Crippen LogP contribution in [0, 0.1) is 0 Å². The van der Waals surface area contributed by atoms with Crippen LogP contribution in [0.3, 0.4) is 0 Å². The number of hydrogen-bond donors (Lipinski definition) is 3. The summed E-state index contributed by atoms with van der Waals surface area (Å²) in [5.74, 6) is 0. The maximum absolute atomic E-state index is 9.67. The number of carbonyl (C=O) groups is 1. The van der Waals surface area contributed by atoms with Gasteiger partial charge in [0.2, 0.25) is 6.41 Å². The highest BCUT2D eigenvalue weighted by Crippen LogP contribution is 1.73. The van der Waals surface area contributed by atoms with Crippen molar-refractivity contribution < 1.29 is 9.90 Å². The van der Waals surface area contributed by atoms with Crippen molar-refractivity contribution >= 4 is 6.41 Å². The minimum Gasteiger partial charge on any atom is -0.390 e. The first-order valence-corrected chi connectivity index (χ1v) is 2.81. The predicted octanol–water partition coefficient (Wildman–Crippen LogP) is -1.69. The summed E-state index contributed by atoms with van der Waals surface area (Å²) in [5.41, 5.74) is 0. The molecule has 0 spiro atoms. The second kappa shape index (κ2) is 5.53. The highest BCUT2D eigenvalue weighted by molar-refractivity contribution is 5.45. The van der Waals surface area contributed by atoms with Crippen LogP contribution in [0.15, 0.2) is 0 Å². The Bertz CT molecular complexity index is 77.4. The fraction of sp³-hybridized carbons (Fsp3) is 0.800. The lowest BCUT2D eigenvalue weighted by Crippen LogP contribution is -2.33. The van der Waals surface area contributed by atoms with E-state index in [1.807, 2.05) is 0 Å². The highest BCUT2D eigenvalue weighted by atomic mass is 16.3. The Morgan fingerprint density at radius 3 is 2.78 bits per heavy atom. The maximum Gasteiger partial charge on any atom is 0.207 e. The molecule has 0 aliphatic rings. The highest BCUT2D eigenvalue weighted by Gasteiger charge is 1.98. The smallest absolute Gasteiger partial charge is 0.207 e. The van der Waals surface area contributed by atoms with E-state index in [1.54, 1.807) is 7.05 Å². The molecule has 0 bridgehead atoms. The third kappa shape index (κ3) is 5.26. The van der Waals surface area contributed by atoms with Crippen LogP contribution in [0.25, 0.3) is 0 Å². The predicted molar refractivity (Wildman–Crippen MR) is 34.0 cm³/mol. The Morgan fingerprint density at radius 1 is 1.67 bits per heavy atom. The molecule has 1 amide bonds. The zero-order chi connectivity index (χ0) is 7.11. The molecule has 4 nitrogen and oxygen atoms in total. The number of carbonyl (C=O) groups excluding carboxylic acids is 1. The summed E-state index contributed by atoms with van der Waals surface area (Å²) in [6.45, 7) is 0.811. The SMILES string of the molecule is CNCC(O)CNC=O. The normalized spacial score (nSPS) is 12.7. The van der Waals surface area contributed by atoms with Gasteiger partial charge in [0.25, 0.3) is 0 Å². The largest absolute Gasteiger partial charge is 0.390 e. The number of aliphatic hydroxyl groups excluding tert-OH is 1. The first-order chi connectivity index (χ1) is 4.31. The molecular formula is C5H12N2O2. The summed E-state index contributed by atoms with van der Waals surface area (Å²) >= 11 is 0. The lowest BCUT2D eigenvalue weighted by molar-refractivity contribution is -0.109. The van der Waals surface area contributed by atoms with Crippen LogP contribution in [0.4, 0.5) is 0 Å². The number of hydrogen-bond acceptors (Lipinski definition) is 3. The monoisotopic (exact) mass is 132 g/mol. The summed E-state index contributed by atoms with van der Waals surface area (Å²) in [6.07, 6.45) is 0.0824. The van der Waals surface area contributed by atoms with Crippen molar-refractivity contribution in [2.75, 3.05) is 20.1 Å². The molecule has 0 aromatic heterocycles. The van der Waals surface area contributed by atoms with E-state index in [4.69, 9.17) is 5.11 Å². The van der Waals surface area contributed by atoms with Crippen molar-refractivity contribution in [1.29, 1.82) is 0 Å². The minimum absolute atomic E-state index is 0.310. The second-order valence-electron chi connectivity index (χ2n) is 1.74. The first-order valence-electron chi connectivity index (χ1n) is 2.81. The van der Waals surface area contributed by atoms with Crippen LogP contribution in [0.1, 0.15) is 0 Å². The van der Waals surface area contributed by atoms with Gasteiger partial charge in [-0.25, -0.2) is 0 Å². The topological polar surface area (TPSA) is 61.4 Å². The third-order valence-electron chi connectivity index (χ3n) is 0.877. The zero-order valence-electron chi connectivity index (χ0n) is 5.42. The number of nitrogens with one attached hydrogen (secondary N) is 2. The molecule has 0 saturated heterocycles. The van der Waals surface area contributed by atoms with Crippen molar-refractivity contribution in [3.63, 3.8) is 0 Å². The average molecular weight is 132 g/mol. The van der Waals surface area contributed by atoms with E-state index < -0.39 is 6.10 Å². The standard InChI is InChI=1S/C5H12N2O2/c1-6-2-5(9)3-7-4-8/h4-6,9H,2-3H2,1H3,(H,7,8). The van der Waals surface area contributed by atoms with Crippen LogP contribution in [0.2, 0.25) is 0 Å². The first kappa shape index (κ1) is 8.39. The van der Waals surface area contributed by atoms with E-state index >= 15 is 0 Å². The molecule has 54 valence electrons. The van der Waals surface area contributed by atoms with Crippen molar-refractivity contribution in [3.05, 3.63) is 0 Å². The van der Waals surface area contributed by atoms with E-state index in [1.165, 1.54) is 0 Å². The molecule has 0 heterocycles. The van der Waals surface area contributed by atoms with E-state index in [0.29, 0.717) is 19.5 Å². The van der Waals surface area contributed by atoms with E-state index in [9.17, 15) is 4.79 Å². The Labute approximate surface area is 54.3 Å². The molecule has 0 aromatic carbocycles. The molecule has 0 rings (SSSR count). The summed E-state index contributed by atoms with van der Waals surface area (Å²) in [4.78, 5) is 9.67. The average Bonchev–Trinajstić information content (AvgIpc) is 1.85. The van der Waals surface area contributed by atoms with Crippen LogP contribution >= 0.6 is 0 Å². The van der Waals surface area contributed by atoms with Gasteiger partial charge in [-0.3, -0.25) is 4.79 Å². The Balaban J connectivity index is 3.04. The molecule has 3 N–H and O–H groups in total. The summed E-state index contributed by atoms with van der Waals surface area (Å²) < 4.78 is 0. The van der Waals surface area contributed by atoms with Gasteiger partial charge in [0.1, 0.15) is 0 Å². The summed E-state index contributed by atoms with van der Waals surface area (Å²) in [7, 11) is 1.74. The van der Waals surface area contributed by atoms with Gasteiger partial charge in [0.05, 0.1) is 6.10 Å². The molecule has 0 saturated carbocycles. The molecule has 4 heteroatoms.